The number of hydrogen-bond acceptors (Lipinski definition) is 2. The van der Waals surface area contributed by atoms with Crippen LogP contribution in [-0.4, -0.2) is 21.1 Å². The molecule has 1 aromatic carbocycles. The van der Waals surface area contributed by atoms with Crippen LogP contribution in [0.4, 0.5) is 5.69 Å². The van der Waals surface area contributed by atoms with Gasteiger partial charge in [-0.15, -0.1) is 0 Å². The molecule has 0 bridgehead atoms. The largest absolute Gasteiger partial charge is 0.325 e. The third-order valence-electron chi connectivity index (χ3n) is 3.56. The van der Waals surface area contributed by atoms with Gasteiger partial charge in [0.15, 0.2) is 0 Å². The van der Waals surface area contributed by atoms with Gasteiger partial charge in [-0.3, -0.25) is 9.00 Å². The summed E-state index contributed by atoms with van der Waals surface area (Å²) in [5, 5.41) is 3.05. The van der Waals surface area contributed by atoms with Crippen LogP contribution in [0.25, 0.3) is 0 Å². The zero-order chi connectivity index (χ0) is 13.8. The number of carbonyl (C=O) groups is 1. The van der Waals surface area contributed by atoms with Gasteiger partial charge in [0.1, 0.15) is 5.75 Å². The van der Waals surface area contributed by atoms with Gasteiger partial charge in [0.05, 0.1) is 0 Å². The second-order valence-corrected chi connectivity index (χ2v) is 7.12. The number of carbonyl (C=O) groups excluding carboxylic acids is 1. The van der Waals surface area contributed by atoms with Crippen molar-refractivity contribution >= 4 is 22.4 Å². The summed E-state index contributed by atoms with van der Waals surface area (Å²) in [7, 11) is -1.01. The zero-order valence-corrected chi connectivity index (χ0v) is 12.3. The first-order valence-electron chi connectivity index (χ1n) is 6.83. The molecular formula is C15H21NO2S. The van der Waals surface area contributed by atoms with E-state index in [1.807, 2.05) is 24.3 Å². The van der Waals surface area contributed by atoms with Crippen molar-refractivity contribution < 1.29 is 9.00 Å². The molecule has 0 radical (unpaired) electrons. The van der Waals surface area contributed by atoms with Crippen LogP contribution in [0.5, 0.6) is 0 Å². The third-order valence-corrected chi connectivity index (χ3v) is 5.32. The van der Waals surface area contributed by atoms with E-state index in [1.54, 1.807) is 0 Å². The van der Waals surface area contributed by atoms with Gasteiger partial charge < -0.3 is 5.32 Å². The Kier molecular flexibility index (Phi) is 4.75. The summed E-state index contributed by atoms with van der Waals surface area (Å²) in [6.45, 7) is 4.27. The van der Waals surface area contributed by atoms with Crippen molar-refractivity contribution in [2.24, 2.45) is 0 Å². The molecule has 0 spiro atoms. The van der Waals surface area contributed by atoms with Gasteiger partial charge in [0.25, 0.3) is 0 Å². The van der Waals surface area contributed by atoms with E-state index in [4.69, 9.17) is 0 Å². The van der Waals surface area contributed by atoms with Crippen LogP contribution in [-0.2, 0) is 15.6 Å². The molecule has 1 amide bonds. The van der Waals surface area contributed by atoms with E-state index in [9.17, 15) is 9.00 Å². The van der Waals surface area contributed by atoms with E-state index in [0.717, 1.165) is 24.9 Å². The molecule has 1 N–H and O–H groups in total. The van der Waals surface area contributed by atoms with Crippen LogP contribution in [0.2, 0.25) is 0 Å². The van der Waals surface area contributed by atoms with Crippen molar-refractivity contribution in [2.45, 2.75) is 44.3 Å². The maximum atomic E-state index is 11.8. The first-order valence-corrected chi connectivity index (χ1v) is 8.21. The minimum atomic E-state index is -1.01. The highest BCUT2D eigenvalue weighted by Gasteiger charge is 2.25. The van der Waals surface area contributed by atoms with Crippen molar-refractivity contribution in [1.29, 1.82) is 0 Å². The molecule has 1 atom stereocenters. The zero-order valence-electron chi connectivity index (χ0n) is 11.5. The van der Waals surface area contributed by atoms with Crippen LogP contribution in [0.1, 0.15) is 44.6 Å². The molecular weight excluding hydrogens is 258 g/mol. The van der Waals surface area contributed by atoms with Crippen molar-refractivity contribution in [3.8, 4) is 0 Å². The molecule has 2 rings (SSSR count). The van der Waals surface area contributed by atoms with Gasteiger partial charge in [0, 0.05) is 21.7 Å². The lowest BCUT2D eigenvalue weighted by Crippen LogP contribution is -2.30. The van der Waals surface area contributed by atoms with Gasteiger partial charge in [-0.05, 0) is 36.5 Å². The highest BCUT2D eigenvalue weighted by atomic mass is 32.2. The first-order chi connectivity index (χ1) is 9.06. The summed E-state index contributed by atoms with van der Waals surface area (Å²) in [4.78, 5) is 11.8. The molecule has 0 saturated heterocycles. The van der Waals surface area contributed by atoms with E-state index in [-0.39, 0.29) is 16.9 Å². The van der Waals surface area contributed by atoms with Gasteiger partial charge in [-0.1, -0.05) is 32.4 Å². The number of rotatable bonds is 5. The lowest BCUT2D eigenvalue weighted by atomic mass is 10.0. The summed E-state index contributed by atoms with van der Waals surface area (Å²) < 4.78 is 11.8. The summed E-state index contributed by atoms with van der Waals surface area (Å²) in [5.41, 5.74) is 2.02. The van der Waals surface area contributed by atoms with Crippen LogP contribution >= 0.6 is 0 Å². The lowest BCUT2D eigenvalue weighted by molar-refractivity contribution is -0.113. The fourth-order valence-corrected chi connectivity index (χ4v) is 3.45. The third kappa shape index (κ3) is 3.90. The average molecular weight is 279 g/mol. The molecule has 3 nitrogen and oxygen atoms in total. The monoisotopic (exact) mass is 279 g/mol. The SMILES string of the molecule is CC(C)c1ccc(NC(=O)CS(=O)C2CCC2)cc1. The maximum Gasteiger partial charge on any atom is 0.237 e. The highest BCUT2D eigenvalue weighted by molar-refractivity contribution is 7.86. The van der Waals surface area contributed by atoms with Crippen molar-refractivity contribution in [3.05, 3.63) is 29.8 Å². The Bertz CT molecular complexity index is 464. The summed E-state index contributed by atoms with van der Waals surface area (Å²) >= 11 is 0. The van der Waals surface area contributed by atoms with Gasteiger partial charge in [0.2, 0.25) is 5.91 Å². The average Bonchev–Trinajstić information content (AvgIpc) is 2.26. The van der Waals surface area contributed by atoms with Crippen molar-refractivity contribution in [2.75, 3.05) is 11.1 Å². The second-order valence-electron chi connectivity index (χ2n) is 5.40. The maximum absolute atomic E-state index is 11.8. The minimum Gasteiger partial charge on any atom is -0.325 e. The molecule has 0 aromatic heterocycles. The Morgan fingerprint density at radius 1 is 1.32 bits per heavy atom. The molecule has 1 aliphatic carbocycles. The molecule has 1 fully saturated rings. The van der Waals surface area contributed by atoms with E-state index in [2.05, 4.69) is 19.2 Å². The molecule has 1 saturated carbocycles. The Balaban J connectivity index is 1.86. The number of hydrogen-bond donors (Lipinski definition) is 1. The smallest absolute Gasteiger partial charge is 0.237 e. The Morgan fingerprint density at radius 3 is 2.42 bits per heavy atom. The normalized spacial score (nSPS) is 17.0. The molecule has 104 valence electrons. The van der Waals surface area contributed by atoms with Crippen LogP contribution in [0.3, 0.4) is 0 Å². The summed E-state index contributed by atoms with van der Waals surface area (Å²) in [6.07, 6.45) is 3.15. The predicted molar refractivity (Wildman–Crippen MR) is 79.8 cm³/mol. The number of anilines is 1. The highest BCUT2D eigenvalue weighted by Crippen LogP contribution is 2.24. The fourth-order valence-electron chi connectivity index (χ4n) is 2.03. The molecule has 0 aliphatic heterocycles. The van der Waals surface area contributed by atoms with Crippen molar-refractivity contribution in [3.63, 3.8) is 0 Å². The van der Waals surface area contributed by atoms with Crippen LogP contribution in [0.15, 0.2) is 24.3 Å². The van der Waals surface area contributed by atoms with Gasteiger partial charge in [-0.2, -0.15) is 0 Å². The molecule has 1 aliphatic rings. The second kappa shape index (κ2) is 6.33. The summed E-state index contributed by atoms with van der Waals surface area (Å²) in [6, 6.07) is 7.84. The quantitative estimate of drug-likeness (QED) is 0.900. The number of nitrogens with one attached hydrogen (secondary N) is 1. The van der Waals surface area contributed by atoms with Crippen molar-refractivity contribution in [1.82, 2.24) is 0 Å². The molecule has 0 heterocycles. The first kappa shape index (κ1) is 14.3. The molecule has 19 heavy (non-hydrogen) atoms. The lowest BCUT2D eigenvalue weighted by Gasteiger charge is -2.24. The molecule has 1 aromatic rings. The van der Waals surface area contributed by atoms with Crippen LogP contribution < -0.4 is 5.32 Å². The predicted octanol–water partition coefficient (Wildman–Crippen LogP) is 3.05. The van der Waals surface area contributed by atoms with E-state index in [0.29, 0.717) is 5.92 Å². The Morgan fingerprint density at radius 2 is 1.95 bits per heavy atom. The number of amides is 1. The summed E-state index contributed by atoms with van der Waals surface area (Å²) in [5.74, 6) is 0.453. The Hall–Kier alpha value is -1.16. The fraction of sp³-hybridized carbons (Fsp3) is 0.533. The van der Waals surface area contributed by atoms with E-state index < -0.39 is 10.8 Å². The topological polar surface area (TPSA) is 46.2 Å². The van der Waals surface area contributed by atoms with E-state index in [1.165, 1.54) is 5.56 Å². The molecule has 4 heteroatoms. The molecule has 1 unspecified atom stereocenters. The van der Waals surface area contributed by atoms with Crippen LogP contribution in [0, 0.1) is 0 Å². The van der Waals surface area contributed by atoms with E-state index >= 15 is 0 Å². The van der Waals surface area contributed by atoms with Gasteiger partial charge >= 0.3 is 0 Å². The Labute approximate surface area is 117 Å². The minimum absolute atomic E-state index is 0.122. The number of benzene rings is 1. The van der Waals surface area contributed by atoms with Gasteiger partial charge in [-0.25, -0.2) is 0 Å². The standard InChI is InChI=1S/C15H21NO2S/c1-11(2)12-6-8-13(9-7-12)16-15(17)10-19(18)14-4-3-5-14/h6-9,11,14H,3-5,10H2,1-2H3,(H,16,17).